The third kappa shape index (κ3) is 5.03. The molecule has 2 heterocycles. The zero-order valence-electron chi connectivity index (χ0n) is 13.7. The number of ether oxygens (including phenoxy) is 1. The molecule has 0 atom stereocenters. The predicted octanol–water partition coefficient (Wildman–Crippen LogP) is 3.22. The summed E-state index contributed by atoms with van der Waals surface area (Å²) >= 11 is 0. The van der Waals surface area contributed by atoms with Crippen molar-refractivity contribution in [3.8, 4) is 5.75 Å². The second kappa shape index (κ2) is 7.32. The minimum Gasteiger partial charge on any atom is -0.490 e. The van der Waals surface area contributed by atoms with E-state index < -0.39 is 17.7 Å². The van der Waals surface area contributed by atoms with Gasteiger partial charge in [-0.1, -0.05) is 0 Å². The summed E-state index contributed by atoms with van der Waals surface area (Å²) in [6, 6.07) is 2.28. The highest BCUT2D eigenvalue weighted by molar-refractivity contribution is 5.88. The Balaban J connectivity index is 2.40. The van der Waals surface area contributed by atoms with E-state index in [2.05, 4.69) is 25.6 Å². The van der Waals surface area contributed by atoms with Crippen LogP contribution in [0.25, 0.3) is 0 Å². The molecule has 0 fully saturated rings. The SMILES string of the molecule is CCOc1cnc(NC(C)=O)cc1Nc1cc(F)nc(C(C)(F)F)n1. The molecule has 0 unspecified atom stereocenters. The van der Waals surface area contributed by atoms with Crippen LogP contribution in [0.2, 0.25) is 0 Å². The molecule has 0 bridgehead atoms. The maximum absolute atomic E-state index is 13.5. The monoisotopic (exact) mass is 355 g/mol. The molecular formula is C15H16F3N5O2. The Morgan fingerprint density at radius 2 is 2.00 bits per heavy atom. The Kier molecular flexibility index (Phi) is 5.40. The van der Waals surface area contributed by atoms with Crippen LogP contribution in [-0.2, 0) is 10.7 Å². The van der Waals surface area contributed by atoms with Gasteiger partial charge in [0.05, 0.1) is 18.5 Å². The predicted molar refractivity (Wildman–Crippen MR) is 84.6 cm³/mol. The zero-order valence-corrected chi connectivity index (χ0v) is 13.7. The number of aromatic nitrogens is 3. The van der Waals surface area contributed by atoms with Crippen LogP contribution >= 0.6 is 0 Å². The first-order valence-corrected chi connectivity index (χ1v) is 7.29. The summed E-state index contributed by atoms with van der Waals surface area (Å²) in [6.45, 7) is 3.93. The smallest absolute Gasteiger partial charge is 0.304 e. The van der Waals surface area contributed by atoms with Gasteiger partial charge in [-0.25, -0.2) is 9.97 Å². The first kappa shape index (κ1) is 18.4. The average molecular weight is 355 g/mol. The van der Waals surface area contributed by atoms with E-state index in [0.717, 1.165) is 6.07 Å². The van der Waals surface area contributed by atoms with E-state index >= 15 is 0 Å². The third-order valence-corrected chi connectivity index (χ3v) is 2.82. The first-order valence-electron chi connectivity index (χ1n) is 7.29. The van der Waals surface area contributed by atoms with Crippen molar-refractivity contribution in [2.24, 2.45) is 0 Å². The Hall–Kier alpha value is -2.91. The largest absolute Gasteiger partial charge is 0.490 e. The fraction of sp³-hybridized carbons (Fsp3) is 0.333. The molecule has 10 heteroatoms. The van der Waals surface area contributed by atoms with E-state index in [1.165, 1.54) is 19.2 Å². The van der Waals surface area contributed by atoms with E-state index in [4.69, 9.17) is 4.74 Å². The van der Waals surface area contributed by atoms with Gasteiger partial charge in [0.25, 0.3) is 0 Å². The highest BCUT2D eigenvalue weighted by atomic mass is 19.3. The second-order valence-corrected chi connectivity index (χ2v) is 5.09. The molecule has 0 aliphatic heterocycles. The summed E-state index contributed by atoms with van der Waals surface area (Å²) in [4.78, 5) is 21.8. The number of rotatable bonds is 6. The topological polar surface area (TPSA) is 89.0 Å². The summed E-state index contributed by atoms with van der Waals surface area (Å²) in [5.74, 6) is -5.52. The van der Waals surface area contributed by atoms with E-state index in [1.807, 2.05) is 0 Å². The summed E-state index contributed by atoms with van der Waals surface area (Å²) in [5, 5.41) is 5.16. The summed E-state index contributed by atoms with van der Waals surface area (Å²) in [5.41, 5.74) is 0.268. The number of carbonyl (C=O) groups is 1. The molecule has 2 aromatic rings. The van der Waals surface area contributed by atoms with Crippen LogP contribution in [-0.4, -0.2) is 27.5 Å². The van der Waals surface area contributed by atoms with Gasteiger partial charge in [-0.05, 0) is 6.92 Å². The standard InChI is InChI=1S/C15H16F3N5O2/c1-4-25-10-7-19-12(20-8(2)24)5-9(10)21-13-6-11(16)22-14(23-13)15(3,17)18/h5-7H,4H2,1-3H3,(H2,19,20,21,22,23,24). The van der Waals surface area contributed by atoms with E-state index in [9.17, 15) is 18.0 Å². The third-order valence-electron chi connectivity index (χ3n) is 2.82. The van der Waals surface area contributed by atoms with Crippen molar-refractivity contribution in [3.63, 3.8) is 0 Å². The summed E-state index contributed by atoms with van der Waals surface area (Å²) in [7, 11) is 0. The van der Waals surface area contributed by atoms with E-state index in [0.29, 0.717) is 13.5 Å². The lowest BCUT2D eigenvalue weighted by molar-refractivity contribution is -0.114. The van der Waals surface area contributed by atoms with Crippen molar-refractivity contribution in [1.29, 1.82) is 0 Å². The lowest BCUT2D eigenvalue weighted by atomic mass is 10.3. The van der Waals surface area contributed by atoms with Crippen molar-refractivity contribution in [3.05, 3.63) is 30.1 Å². The molecule has 0 radical (unpaired) electrons. The first-order chi connectivity index (χ1) is 11.7. The van der Waals surface area contributed by atoms with Gasteiger partial charge in [-0.15, -0.1) is 0 Å². The highest BCUT2D eigenvalue weighted by Gasteiger charge is 2.29. The average Bonchev–Trinajstić information content (AvgIpc) is 2.48. The molecule has 0 aliphatic rings. The molecule has 2 rings (SSSR count). The number of amides is 1. The maximum Gasteiger partial charge on any atom is 0.304 e. The fourth-order valence-electron chi connectivity index (χ4n) is 1.88. The zero-order chi connectivity index (χ0) is 18.6. The minimum atomic E-state index is -3.40. The molecule has 25 heavy (non-hydrogen) atoms. The Bertz CT molecular complexity index is 780. The van der Waals surface area contributed by atoms with Crippen molar-refractivity contribution in [2.45, 2.75) is 26.7 Å². The molecule has 7 nitrogen and oxygen atoms in total. The number of anilines is 3. The van der Waals surface area contributed by atoms with Crippen LogP contribution in [0.15, 0.2) is 18.3 Å². The van der Waals surface area contributed by atoms with Gasteiger partial charge in [0.2, 0.25) is 17.7 Å². The number of carbonyl (C=O) groups excluding carboxylic acids is 1. The quantitative estimate of drug-likeness (QED) is 0.774. The van der Waals surface area contributed by atoms with Crippen LogP contribution in [0.1, 0.15) is 26.6 Å². The number of nitrogens with one attached hydrogen (secondary N) is 2. The van der Waals surface area contributed by atoms with Gasteiger partial charge in [0.1, 0.15) is 11.6 Å². The van der Waals surface area contributed by atoms with Gasteiger partial charge in [0, 0.05) is 26.0 Å². The Morgan fingerprint density at radius 3 is 2.60 bits per heavy atom. The molecule has 0 saturated heterocycles. The Morgan fingerprint density at radius 1 is 1.28 bits per heavy atom. The van der Waals surface area contributed by atoms with Gasteiger partial charge in [-0.2, -0.15) is 18.2 Å². The molecule has 0 aromatic carbocycles. The van der Waals surface area contributed by atoms with Crippen LogP contribution in [0, 0.1) is 5.95 Å². The van der Waals surface area contributed by atoms with Gasteiger partial charge in [-0.3, -0.25) is 4.79 Å². The molecule has 134 valence electrons. The number of halogens is 3. The number of pyridine rings is 1. The van der Waals surface area contributed by atoms with Gasteiger partial charge >= 0.3 is 5.92 Å². The summed E-state index contributed by atoms with van der Waals surface area (Å²) in [6.07, 6.45) is 1.34. The maximum atomic E-state index is 13.5. The van der Waals surface area contributed by atoms with E-state index in [-0.39, 0.29) is 29.0 Å². The van der Waals surface area contributed by atoms with Crippen LogP contribution in [0.4, 0.5) is 30.5 Å². The molecule has 0 spiro atoms. The molecule has 2 N–H and O–H groups in total. The molecule has 1 amide bonds. The van der Waals surface area contributed by atoms with Gasteiger partial charge in [0.15, 0.2) is 5.75 Å². The van der Waals surface area contributed by atoms with Crippen LogP contribution < -0.4 is 15.4 Å². The van der Waals surface area contributed by atoms with Crippen molar-refractivity contribution in [2.75, 3.05) is 17.2 Å². The van der Waals surface area contributed by atoms with Crippen molar-refractivity contribution in [1.82, 2.24) is 15.0 Å². The molecule has 2 aromatic heterocycles. The van der Waals surface area contributed by atoms with Crippen molar-refractivity contribution >= 4 is 23.2 Å². The number of hydrogen-bond acceptors (Lipinski definition) is 6. The van der Waals surface area contributed by atoms with Gasteiger partial charge < -0.3 is 15.4 Å². The normalized spacial score (nSPS) is 11.1. The number of alkyl halides is 2. The fourth-order valence-corrected chi connectivity index (χ4v) is 1.88. The highest BCUT2D eigenvalue weighted by Crippen LogP contribution is 2.30. The lowest BCUT2D eigenvalue weighted by Crippen LogP contribution is -2.15. The minimum absolute atomic E-state index is 0.190. The van der Waals surface area contributed by atoms with Crippen LogP contribution in [0.5, 0.6) is 5.75 Å². The Labute approximate surface area is 141 Å². The number of nitrogens with zero attached hydrogens (tertiary/aromatic N) is 3. The van der Waals surface area contributed by atoms with Crippen LogP contribution in [0.3, 0.4) is 0 Å². The number of hydrogen-bond donors (Lipinski definition) is 2. The second-order valence-electron chi connectivity index (χ2n) is 5.09. The molecule has 0 aliphatic carbocycles. The van der Waals surface area contributed by atoms with E-state index in [1.54, 1.807) is 6.92 Å². The van der Waals surface area contributed by atoms with Crippen molar-refractivity contribution < 1.29 is 22.7 Å². The lowest BCUT2D eigenvalue weighted by Gasteiger charge is -2.15. The molecular weight excluding hydrogens is 339 g/mol. The molecule has 0 saturated carbocycles. The summed E-state index contributed by atoms with van der Waals surface area (Å²) < 4.78 is 45.6.